The zero-order valence-corrected chi connectivity index (χ0v) is 16.5. The summed E-state index contributed by atoms with van der Waals surface area (Å²) in [4.78, 5) is 12.5. The quantitative estimate of drug-likeness (QED) is 0.724. The van der Waals surface area contributed by atoms with Gasteiger partial charge in [0.1, 0.15) is 5.82 Å². The van der Waals surface area contributed by atoms with Crippen molar-refractivity contribution in [3.05, 3.63) is 64.0 Å². The molecule has 1 fully saturated rings. The normalized spacial score (nSPS) is 20.1. The summed E-state index contributed by atoms with van der Waals surface area (Å²) in [7, 11) is 0. The highest BCUT2D eigenvalue weighted by molar-refractivity contribution is 5.93. The van der Waals surface area contributed by atoms with Crippen molar-refractivity contribution in [3.63, 3.8) is 0 Å². The Bertz CT molecular complexity index is 880. The summed E-state index contributed by atoms with van der Waals surface area (Å²) in [6.45, 7) is 6.41. The number of amides is 1. The monoisotopic (exact) mass is 365 g/mol. The summed E-state index contributed by atoms with van der Waals surface area (Å²) >= 11 is 0. The molecule has 1 N–H and O–H groups in total. The summed E-state index contributed by atoms with van der Waals surface area (Å²) < 4.78 is 13.3. The van der Waals surface area contributed by atoms with Crippen LogP contribution in [0, 0.1) is 25.1 Å². The topological polar surface area (TPSA) is 29.1 Å². The average Bonchev–Trinajstić information content (AvgIpc) is 3.36. The van der Waals surface area contributed by atoms with Gasteiger partial charge in [0.25, 0.3) is 0 Å². The van der Waals surface area contributed by atoms with Gasteiger partial charge in [0.05, 0.1) is 0 Å². The molecule has 1 amide bonds. The van der Waals surface area contributed by atoms with Crippen LogP contribution in [0.1, 0.15) is 66.3 Å². The zero-order valence-electron chi connectivity index (χ0n) is 16.5. The van der Waals surface area contributed by atoms with Crippen molar-refractivity contribution in [1.82, 2.24) is 0 Å². The molecule has 1 unspecified atom stereocenters. The first-order valence-electron chi connectivity index (χ1n) is 10.0. The predicted molar refractivity (Wildman–Crippen MR) is 108 cm³/mol. The molecule has 0 spiro atoms. The van der Waals surface area contributed by atoms with Gasteiger partial charge in [0, 0.05) is 12.1 Å². The molecular formula is C24H28FNO. The first-order valence-corrected chi connectivity index (χ1v) is 10.0. The van der Waals surface area contributed by atoms with Crippen molar-refractivity contribution in [2.24, 2.45) is 5.41 Å². The second-order valence-corrected chi connectivity index (χ2v) is 8.86. The van der Waals surface area contributed by atoms with Gasteiger partial charge in [0.15, 0.2) is 0 Å². The van der Waals surface area contributed by atoms with Gasteiger partial charge in [-0.25, -0.2) is 4.39 Å². The van der Waals surface area contributed by atoms with E-state index < -0.39 is 0 Å². The second kappa shape index (κ2) is 6.78. The molecule has 0 aromatic heterocycles. The fourth-order valence-corrected chi connectivity index (χ4v) is 4.47. The standard InChI is InChI=1S/C24H28FNO/c1-15-12-19-5-4-18(17-6-8-20(25)9-7-17)13-21(19)16(2)23(15)26-22(27)14-24(3)10-11-24/h6-9,12,18H,4-5,10-11,13-14H2,1-3H3,(H,26,27). The molecule has 0 aliphatic heterocycles. The Labute approximate surface area is 161 Å². The largest absolute Gasteiger partial charge is 0.326 e. The third kappa shape index (κ3) is 3.78. The van der Waals surface area contributed by atoms with Gasteiger partial charge in [-0.3, -0.25) is 4.79 Å². The molecule has 0 radical (unpaired) electrons. The van der Waals surface area contributed by atoms with Crippen LogP contribution in [-0.2, 0) is 17.6 Å². The number of rotatable bonds is 4. The Morgan fingerprint density at radius 3 is 2.59 bits per heavy atom. The van der Waals surface area contributed by atoms with Crippen molar-refractivity contribution < 1.29 is 9.18 Å². The Morgan fingerprint density at radius 2 is 1.93 bits per heavy atom. The van der Waals surface area contributed by atoms with Crippen LogP contribution in [0.15, 0.2) is 30.3 Å². The maximum atomic E-state index is 13.3. The van der Waals surface area contributed by atoms with E-state index in [4.69, 9.17) is 0 Å². The van der Waals surface area contributed by atoms with E-state index >= 15 is 0 Å². The molecule has 0 heterocycles. The van der Waals surface area contributed by atoms with Crippen LogP contribution < -0.4 is 5.32 Å². The van der Waals surface area contributed by atoms with E-state index in [1.54, 1.807) is 12.1 Å². The van der Waals surface area contributed by atoms with Gasteiger partial charge >= 0.3 is 0 Å². The summed E-state index contributed by atoms with van der Waals surface area (Å²) in [6, 6.07) is 9.17. The summed E-state index contributed by atoms with van der Waals surface area (Å²) in [5.41, 5.74) is 7.52. The fourth-order valence-electron chi connectivity index (χ4n) is 4.47. The molecule has 2 nitrogen and oxygen atoms in total. The molecule has 2 aliphatic rings. The van der Waals surface area contributed by atoms with E-state index in [1.165, 1.54) is 22.3 Å². The molecule has 2 aliphatic carbocycles. The highest BCUT2D eigenvalue weighted by Gasteiger charge is 2.39. The lowest BCUT2D eigenvalue weighted by Gasteiger charge is -2.29. The van der Waals surface area contributed by atoms with E-state index in [0.717, 1.165) is 43.4 Å². The first kappa shape index (κ1) is 18.2. The van der Waals surface area contributed by atoms with E-state index in [1.807, 2.05) is 12.1 Å². The SMILES string of the molecule is Cc1cc2c(c(C)c1NC(=O)CC1(C)CC1)CC(c1ccc(F)cc1)CC2. The third-order valence-corrected chi connectivity index (χ3v) is 6.51. The first-order chi connectivity index (χ1) is 12.8. The lowest BCUT2D eigenvalue weighted by Crippen LogP contribution is -2.20. The molecular weight excluding hydrogens is 337 g/mol. The van der Waals surface area contributed by atoms with Crippen LogP contribution in [0.3, 0.4) is 0 Å². The van der Waals surface area contributed by atoms with E-state index in [0.29, 0.717) is 12.3 Å². The minimum absolute atomic E-state index is 0.132. The summed E-state index contributed by atoms with van der Waals surface area (Å²) in [6.07, 6.45) is 5.99. The molecule has 142 valence electrons. The molecule has 2 aromatic carbocycles. The molecule has 0 bridgehead atoms. The zero-order chi connectivity index (χ0) is 19.2. The van der Waals surface area contributed by atoms with Gasteiger partial charge in [-0.1, -0.05) is 25.1 Å². The van der Waals surface area contributed by atoms with Gasteiger partial charge in [-0.15, -0.1) is 0 Å². The Balaban J connectivity index is 1.58. The predicted octanol–water partition coefficient (Wildman–Crippen LogP) is 5.84. The number of fused-ring (bicyclic) bond motifs is 1. The van der Waals surface area contributed by atoms with Crippen LogP contribution in [0.2, 0.25) is 0 Å². The molecule has 4 rings (SSSR count). The van der Waals surface area contributed by atoms with Gasteiger partial charge in [-0.05, 0) is 97.2 Å². The van der Waals surface area contributed by atoms with Crippen molar-refractivity contribution in [3.8, 4) is 0 Å². The fraction of sp³-hybridized carbons (Fsp3) is 0.458. The lowest BCUT2D eigenvalue weighted by molar-refractivity contribution is -0.117. The lowest BCUT2D eigenvalue weighted by atomic mass is 9.77. The van der Waals surface area contributed by atoms with Crippen molar-refractivity contribution >= 4 is 11.6 Å². The van der Waals surface area contributed by atoms with Crippen LogP contribution in [-0.4, -0.2) is 5.91 Å². The number of carbonyl (C=O) groups is 1. The van der Waals surface area contributed by atoms with Crippen LogP contribution in [0.4, 0.5) is 10.1 Å². The highest BCUT2D eigenvalue weighted by Crippen LogP contribution is 2.48. The Morgan fingerprint density at radius 1 is 1.22 bits per heavy atom. The number of hydrogen-bond donors (Lipinski definition) is 1. The number of aryl methyl sites for hydroxylation is 2. The van der Waals surface area contributed by atoms with Crippen LogP contribution in [0.25, 0.3) is 0 Å². The van der Waals surface area contributed by atoms with E-state index in [-0.39, 0.29) is 17.1 Å². The smallest absolute Gasteiger partial charge is 0.224 e. The number of benzene rings is 2. The maximum absolute atomic E-state index is 13.3. The van der Waals surface area contributed by atoms with Gasteiger partial charge in [0.2, 0.25) is 5.91 Å². The summed E-state index contributed by atoms with van der Waals surface area (Å²) in [5.74, 6) is 0.358. The van der Waals surface area contributed by atoms with Crippen LogP contribution >= 0.6 is 0 Å². The third-order valence-electron chi connectivity index (χ3n) is 6.51. The second-order valence-electron chi connectivity index (χ2n) is 8.86. The highest BCUT2D eigenvalue weighted by atomic mass is 19.1. The van der Waals surface area contributed by atoms with Gasteiger partial charge in [-0.2, -0.15) is 0 Å². The van der Waals surface area contributed by atoms with Crippen molar-refractivity contribution in [1.29, 1.82) is 0 Å². The van der Waals surface area contributed by atoms with E-state index in [9.17, 15) is 9.18 Å². The molecule has 3 heteroatoms. The van der Waals surface area contributed by atoms with Crippen LogP contribution in [0.5, 0.6) is 0 Å². The maximum Gasteiger partial charge on any atom is 0.224 e. The summed E-state index contributed by atoms with van der Waals surface area (Å²) in [5, 5.41) is 3.20. The number of anilines is 1. The Hall–Kier alpha value is -2.16. The van der Waals surface area contributed by atoms with Crippen molar-refractivity contribution in [2.45, 2.75) is 65.2 Å². The minimum atomic E-state index is -0.184. The average molecular weight is 365 g/mol. The molecule has 27 heavy (non-hydrogen) atoms. The molecule has 1 atom stereocenters. The number of carbonyl (C=O) groups excluding carboxylic acids is 1. The van der Waals surface area contributed by atoms with E-state index in [2.05, 4.69) is 32.2 Å². The molecule has 1 saturated carbocycles. The Kier molecular flexibility index (Phi) is 4.57. The molecule has 0 saturated heterocycles. The minimum Gasteiger partial charge on any atom is -0.326 e. The number of hydrogen-bond acceptors (Lipinski definition) is 1. The van der Waals surface area contributed by atoms with Crippen molar-refractivity contribution in [2.75, 3.05) is 5.32 Å². The number of halogens is 1. The van der Waals surface area contributed by atoms with Gasteiger partial charge < -0.3 is 5.32 Å². The number of nitrogens with one attached hydrogen (secondary N) is 1. The molecule has 2 aromatic rings.